The van der Waals surface area contributed by atoms with Gasteiger partial charge in [-0.15, -0.1) is 0 Å². The Labute approximate surface area is 149 Å². The molecule has 0 radical (unpaired) electrons. The molecule has 1 aliphatic rings. The van der Waals surface area contributed by atoms with Crippen molar-refractivity contribution in [3.8, 4) is 0 Å². The molecule has 1 saturated heterocycles. The molecule has 1 heterocycles. The predicted octanol–water partition coefficient (Wildman–Crippen LogP) is 3.16. The summed E-state index contributed by atoms with van der Waals surface area (Å²) in [7, 11) is 0. The van der Waals surface area contributed by atoms with Crippen LogP contribution >= 0.6 is 0 Å². The van der Waals surface area contributed by atoms with Crippen molar-refractivity contribution in [2.45, 2.75) is 5.41 Å². The highest BCUT2D eigenvalue weighted by Gasteiger charge is 2.45. The van der Waals surface area contributed by atoms with Gasteiger partial charge in [0.2, 0.25) is 5.91 Å². The van der Waals surface area contributed by atoms with Crippen molar-refractivity contribution in [2.24, 2.45) is 5.73 Å². The average Bonchev–Trinajstić information content (AvgIpc) is 2.61. The van der Waals surface area contributed by atoms with E-state index in [9.17, 15) is 14.9 Å². The van der Waals surface area contributed by atoms with Crippen LogP contribution in [0, 0.1) is 10.1 Å². The normalized spacial score (nSPS) is 15.4. The van der Waals surface area contributed by atoms with Crippen LogP contribution in [-0.2, 0) is 10.2 Å². The minimum absolute atomic E-state index is 0.157. The Morgan fingerprint density at radius 3 is 2.42 bits per heavy atom. The van der Waals surface area contributed by atoms with Gasteiger partial charge in [0.25, 0.3) is 5.69 Å². The van der Waals surface area contributed by atoms with E-state index >= 15 is 0 Å². The lowest BCUT2D eigenvalue weighted by Crippen LogP contribution is -2.49. The molecule has 0 atom stereocenters. The maximum absolute atomic E-state index is 12.0. The van der Waals surface area contributed by atoms with E-state index in [0.29, 0.717) is 18.8 Å². The van der Waals surface area contributed by atoms with Crippen molar-refractivity contribution in [3.63, 3.8) is 0 Å². The van der Waals surface area contributed by atoms with Crippen LogP contribution in [0.3, 0.4) is 0 Å². The quantitative estimate of drug-likeness (QED) is 0.578. The second-order valence-corrected chi connectivity index (χ2v) is 6.45. The number of rotatable bonds is 4. The second-order valence-electron chi connectivity index (χ2n) is 6.45. The number of hydrogen-bond donors (Lipinski definition) is 1. The van der Waals surface area contributed by atoms with Crippen molar-refractivity contribution in [2.75, 3.05) is 13.2 Å². The molecule has 0 saturated carbocycles. The Morgan fingerprint density at radius 1 is 1.04 bits per heavy atom. The molecule has 3 aromatic carbocycles. The molecule has 1 amide bonds. The maximum Gasteiger partial charge on any atom is 0.270 e. The number of amides is 1. The Balaban J connectivity index is 1.98. The standard InChI is InChI=1S/C20H16N2O4/c21-19(23)16-10-14(22(24)25)8-9-18(16)20(11-26-12-20)17-7-3-5-13-4-1-2-6-15(13)17/h1-10H,11-12H2,(H2,21,23). The van der Waals surface area contributed by atoms with Gasteiger partial charge < -0.3 is 10.5 Å². The zero-order valence-electron chi connectivity index (χ0n) is 13.8. The highest BCUT2D eigenvalue weighted by atomic mass is 16.6. The average molecular weight is 348 g/mol. The van der Waals surface area contributed by atoms with Gasteiger partial charge in [-0.05, 0) is 21.9 Å². The first-order chi connectivity index (χ1) is 12.5. The van der Waals surface area contributed by atoms with Gasteiger partial charge in [0.15, 0.2) is 0 Å². The van der Waals surface area contributed by atoms with Crippen LogP contribution in [0.25, 0.3) is 10.8 Å². The number of hydrogen-bond acceptors (Lipinski definition) is 4. The summed E-state index contributed by atoms with van der Waals surface area (Å²) in [5.74, 6) is -0.685. The number of non-ortho nitro benzene ring substituents is 1. The molecular formula is C20H16N2O4. The van der Waals surface area contributed by atoms with Crippen LogP contribution < -0.4 is 5.73 Å². The van der Waals surface area contributed by atoms with Crippen molar-refractivity contribution in [3.05, 3.63) is 87.5 Å². The summed E-state index contributed by atoms with van der Waals surface area (Å²) >= 11 is 0. The molecule has 2 N–H and O–H groups in total. The van der Waals surface area contributed by atoms with Crippen LogP contribution in [0.5, 0.6) is 0 Å². The van der Waals surface area contributed by atoms with Gasteiger partial charge in [-0.25, -0.2) is 0 Å². The molecular weight excluding hydrogens is 332 g/mol. The minimum Gasteiger partial charge on any atom is -0.379 e. The number of benzene rings is 3. The second kappa shape index (κ2) is 5.93. The zero-order valence-corrected chi connectivity index (χ0v) is 13.8. The molecule has 4 rings (SSSR count). The number of nitrogens with two attached hydrogens (primary N) is 1. The summed E-state index contributed by atoms with van der Waals surface area (Å²) < 4.78 is 5.52. The van der Waals surface area contributed by atoms with E-state index < -0.39 is 16.2 Å². The number of nitro groups is 1. The Bertz CT molecular complexity index is 1040. The van der Waals surface area contributed by atoms with Crippen LogP contribution in [0.2, 0.25) is 0 Å². The summed E-state index contributed by atoms with van der Waals surface area (Å²) in [4.78, 5) is 22.6. The fourth-order valence-corrected chi connectivity index (χ4v) is 3.67. The fraction of sp³-hybridized carbons (Fsp3) is 0.150. The van der Waals surface area contributed by atoms with Crippen molar-refractivity contribution >= 4 is 22.4 Å². The molecule has 0 aromatic heterocycles. The smallest absolute Gasteiger partial charge is 0.270 e. The summed E-state index contributed by atoms with van der Waals surface area (Å²) in [6, 6.07) is 18.3. The van der Waals surface area contributed by atoms with E-state index in [2.05, 4.69) is 0 Å². The van der Waals surface area contributed by atoms with Gasteiger partial charge >= 0.3 is 0 Å². The topological polar surface area (TPSA) is 95.5 Å². The molecule has 6 heteroatoms. The Kier molecular flexibility index (Phi) is 3.70. The lowest BCUT2D eigenvalue weighted by molar-refractivity contribution is -0.384. The van der Waals surface area contributed by atoms with Crippen LogP contribution in [0.15, 0.2) is 60.7 Å². The summed E-state index contributed by atoms with van der Waals surface area (Å²) in [5.41, 5.74) is 6.69. The first kappa shape index (κ1) is 16.2. The largest absolute Gasteiger partial charge is 0.379 e. The molecule has 0 aliphatic carbocycles. The Hall–Kier alpha value is -3.25. The molecule has 3 aromatic rings. The molecule has 130 valence electrons. The number of nitro benzene ring substituents is 1. The van der Waals surface area contributed by atoms with E-state index in [0.717, 1.165) is 16.3 Å². The van der Waals surface area contributed by atoms with E-state index in [-0.39, 0.29) is 11.3 Å². The monoisotopic (exact) mass is 348 g/mol. The summed E-state index contributed by atoms with van der Waals surface area (Å²) in [6.45, 7) is 0.776. The van der Waals surface area contributed by atoms with Crippen LogP contribution in [0.1, 0.15) is 21.5 Å². The van der Waals surface area contributed by atoms with E-state index in [4.69, 9.17) is 10.5 Å². The van der Waals surface area contributed by atoms with Crippen molar-refractivity contribution < 1.29 is 14.5 Å². The zero-order chi connectivity index (χ0) is 18.3. The lowest BCUT2D eigenvalue weighted by atomic mass is 9.69. The lowest BCUT2D eigenvalue weighted by Gasteiger charge is -2.43. The van der Waals surface area contributed by atoms with Gasteiger partial charge in [0.1, 0.15) is 0 Å². The van der Waals surface area contributed by atoms with Crippen molar-refractivity contribution in [1.82, 2.24) is 0 Å². The van der Waals surface area contributed by atoms with Crippen LogP contribution in [0.4, 0.5) is 5.69 Å². The molecule has 1 fully saturated rings. The SMILES string of the molecule is NC(=O)c1cc([N+](=O)[O-])ccc1C1(c2cccc3ccccc23)COC1. The number of ether oxygens (including phenoxy) is 1. The first-order valence-corrected chi connectivity index (χ1v) is 8.18. The summed E-state index contributed by atoms with van der Waals surface area (Å²) in [6.07, 6.45) is 0. The third kappa shape index (κ3) is 2.34. The van der Waals surface area contributed by atoms with Gasteiger partial charge in [0.05, 0.1) is 29.1 Å². The summed E-state index contributed by atoms with van der Waals surface area (Å²) in [5, 5.41) is 13.2. The number of fused-ring (bicyclic) bond motifs is 1. The van der Waals surface area contributed by atoms with Gasteiger partial charge in [-0.2, -0.15) is 0 Å². The number of nitrogens with zero attached hydrogens (tertiary/aromatic N) is 1. The highest BCUT2D eigenvalue weighted by Crippen LogP contribution is 2.44. The van der Waals surface area contributed by atoms with E-state index in [1.165, 1.54) is 12.1 Å². The molecule has 0 spiro atoms. The number of carbonyl (C=O) groups excluding carboxylic acids is 1. The van der Waals surface area contributed by atoms with Gasteiger partial charge in [-0.1, -0.05) is 48.5 Å². The Morgan fingerprint density at radius 2 is 1.77 bits per heavy atom. The molecule has 1 aliphatic heterocycles. The third-order valence-electron chi connectivity index (χ3n) is 5.00. The molecule has 0 unspecified atom stereocenters. The maximum atomic E-state index is 12.0. The van der Waals surface area contributed by atoms with E-state index in [1.807, 2.05) is 42.5 Å². The number of carbonyl (C=O) groups is 1. The van der Waals surface area contributed by atoms with Crippen LogP contribution in [-0.4, -0.2) is 24.0 Å². The number of primary amides is 1. The minimum atomic E-state index is -0.685. The first-order valence-electron chi connectivity index (χ1n) is 8.18. The van der Waals surface area contributed by atoms with Crippen molar-refractivity contribution in [1.29, 1.82) is 0 Å². The molecule has 0 bridgehead atoms. The predicted molar refractivity (Wildman–Crippen MR) is 97.2 cm³/mol. The van der Waals surface area contributed by atoms with E-state index in [1.54, 1.807) is 6.07 Å². The van der Waals surface area contributed by atoms with Gasteiger partial charge in [-0.3, -0.25) is 14.9 Å². The van der Waals surface area contributed by atoms with Gasteiger partial charge in [0, 0.05) is 12.1 Å². The molecule has 6 nitrogen and oxygen atoms in total. The molecule has 26 heavy (non-hydrogen) atoms. The highest BCUT2D eigenvalue weighted by molar-refractivity contribution is 5.96. The third-order valence-corrected chi connectivity index (χ3v) is 5.00. The fourth-order valence-electron chi connectivity index (χ4n) is 3.67.